The average molecular weight is 308 g/mol. The van der Waals surface area contributed by atoms with Gasteiger partial charge >= 0.3 is 0 Å². The van der Waals surface area contributed by atoms with E-state index in [0.29, 0.717) is 0 Å². The molecule has 0 amide bonds. The van der Waals surface area contributed by atoms with E-state index < -0.39 is 6.10 Å². The standard InChI is InChI=1S/C17H24O3S/c1-12-9-14(13(2)18)3-4-16(12)20-15-5-7-19-17(10-15)6-8-21-11-17/h3-4,9,13,15,18H,5-8,10-11H2,1-2H3/t13-,15?,17?/m1/s1. The summed E-state index contributed by atoms with van der Waals surface area (Å²) >= 11 is 1.99. The van der Waals surface area contributed by atoms with E-state index in [1.807, 2.05) is 36.9 Å². The lowest BCUT2D eigenvalue weighted by molar-refractivity contribution is -0.0959. The molecule has 0 bridgehead atoms. The van der Waals surface area contributed by atoms with Crippen LogP contribution in [0.15, 0.2) is 18.2 Å². The highest BCUT2D eigenvalue weighted by Crippen LogP contribution is 2.39. The summed E-state index contributed by atoms with van der Waals surface area (Å²) in [5.41, 5.74) is 2.09. The van der Waals surface area contributed by atoms with Crippen molar-refractivity contribution in [3.05, 3.63) is 29.3 Å². The third kappa shape index (κ3) is 3.38. The third-order valence-corrected chi connectivity index (χ3v) is 5.71. The third-order valence-electron chi connectivity index (χ3n) is 4.49. The largest absolute Gasteiger partial charge is 0.490 e. The molecule has 2 unspecified atom stereocenters. The van der Waals surface area contributed by atoms with Gasteiger partial charge < -0.3 is 14.6 Å². The number of rotatable bonds is 3. The lowest BCUT2D eigenvalue weighted by Gasteiger charge is -2.37. The maximum Gasteiger partial charge on any atom is 0.122 e. The normalized spacial score (nSPS) is 30.5. The zero-order valence-electron chi connectivity index (χ0n) is 12.8. The van der Waals surface area contributed by atoms with Crippen LogP contribution in [0.25, 0.3) is 0 Å². The van der Waals surface area contributed by atoms with Crippen molar-refractivity contribution in [3.63, 3.8) is 0 Å². The zero-order valence-corrected chi connectivity index (χ0v) is 13.6. The highest BCUT2D eigenvalue weighted by molar-refractivity contribution is 7.99. The highest BCUT2D eigenvalue weighted by Gasteiger charge is 2.41. The average Bonchev–Trinajstić information content (AvgIpc) is 2.89. The molecule has 3 atom stereocenters. The summed E-state index contributed by atoms with van der Waals surface area (Å²) in [6.07, 6.45) is 2.92. The van der Waals surface area contributed by atoms with Crippen LogP contribution in [0.5, 0.6) is 5.75 Å². The monoisotopic (exact) mass is 308 g/mol. The van der Waals surface area contributed by atoms with E-state index >= 15 is 0 Å². The second kappa shape index (κ2) is 6.19. The molecule has 21 heavy (non-hydrogen) atoms. The van der Waals surface area contributed by atoms with Crippen molar-refractivity contribution in [2.24, 2.45) is 0 Å². The van der Waals surface area contributed by atoms with Crippen LogP contribution in [-0.2, 0) is 4.74 Å². The van der Waals surface area contributed by atoms with Gasteiger partial charge in [-0.05, 0) is 49.3 Å². The van der Waals surface area contributed by atoms with Crippen LogP contribution in [0.1, 0.15) is 43.4 Å². The summed E-state index contributed by atoms with van der Waals surface area (Å²) in [6.45, 7) is 4.63. The molecular weight excluding hydrogens is 284 g/mol. The van der Waals surface area contributed by atoms with Crippen LogP contribution in [0.3, 0.4) is 0 Å². The van der Waals surface area contributed by atoms with Crippen molar-refractivity contribution in [1.82, 2.24) is 0 Å². The molecule has 116 valence electrons. The Morgan fingerprint density at radius 1 is 1.48 bits per heavy atom. The molecule has 1 N–H and O–H groups in total. The number of aliphatic hydroxyl groups is 1. The minimum atomic E-state index is -0.431. The number of thioether (sulfide) groups is 1. The summed E-state index contributed by atoms with van der Waals surface area (Å²) in [5, 5.41) is 9.64. The molecule has 3 rings (SSSR count). The minimum absolute atomic E-state index is 0.0566. The topological polar surface area (TPSA) is 38.7 Å². The van der Waals surface area contributed by atoms with E-state index in [2.05, 4.69) is 0 Å². The molecule has 3 nitrogen and oxygen atoms in total. The van der Waals surface area contributed by atoms with Gasteiger partial charge in [-0.25, -0.2) is 0 Å². The van der Waals surface area contributed by atoms with Gasteiger partial charge in [0, 0.05) is 18.6 Å². The summed E-state index contributed by atoms with van der Waals surface area (Å²) in [5.74, 6) is 3.24. The van der Waals surface area contributed by atoms with Gasteiger partial charge in [0.05, 0.1) is 18.3 Å². The fraction of sp³-hybridized carbons (Fsp3) is 0.647. The lowest BCUT2D eigenvalue weighted by Crippen LogP contribution is -2.43. The van der Waals surface area contributed by atoms with Gasteiger partial charge in [0.25, 0.3) is 0 Å². The number of benzene rings is 1. The highest BCUT2D eigenvalue weighted by atomic mass is 32.2. The van der Waals surface area contributed by atoms with Crippen LogP contribution in [-0.4, -0.2) is 34.9 Å². The predicted molar refractivity (Wildman–Crippen MR) is 86.1 cm³/mol. The van der Waals surface area contributed by atoms with Gasteiger partial charge in [-0.3, -0.25) is 0 Å². The summed E-state index contributed by atoms with van der Waals surface area (Å²) in [6, 6.07) is 5.96. The SMILES string of the molecule is Cc1cc([C@@H](C)O)ccc1OC1CCOC2(CCSC2)C1. The Labute approximate surface area is 131 Å². The first-order chi connectivity index (χ1) is 10.1. The van der Waals surface area contributed by atoms with E-state index in [4.69, 9.17) is 9.47 Å². The number of ether oxygens (including phenoxy) is 2. The Kier molecular flexibility index (Phi) is 4.48. The van der Waals surface area contributed by atoms with Gasteiger partial charge in [-0.2, -0.15) is 11.8 Å². The van der Waals surface area contributed by atoms with E-state index in [-0.39, 0.29) is 11.7 Å². The van der Waals surface area contributed by atoms with Gasteiger partial charge in [0.2, 0.25) is 0 Å². The van der Waals surface area contributed by atoms with E-state index in [9.17, 15) is 5.11 Å². The molecule has 2 aliphatic heterocycles. The number of hydrogen-bond acceptors (Lipinski definition) is 4. The second-order valence-corrected chi connectivity index (χ2v) is 7.37. The number of hydrogen-bond donors (Lipinski definition) is 1. The first-order valence-corrected chi connectivity index (χ1v) is 8.90. The van der Waals surface area contributed by atoms with Gasteiger partial charge in [0.15, 0.2) is 0 Å². The molecule has 2 fully saturated rings. The van der Waals surface area contributed by atoms with Crippen molar-refractivity contribution in [3.8, 4) is 5.75 Å². The fourth-order valence-corrected chi connectivity index (χ4v) is 4.57. The van der Waals surface area contributed by atoms with Crippen LogP contribution in [0.4, 0.5) is 0 Å². The summed E-state index contributed by atoms with van der Waals surface area (Å²) in [4.78, 5) is 0. The van der Waals surface area contributed by atoms with Crippen molar-refractivity contribution < 1.29 is 14.6 Å². The van der Waals surface area contributed by atoms with Gasteiger partial charge in [-0.15, -0.1) is 0 Å². The molecule has 2 heterocycles. The van der Waals surface area contributed by atoms with Crippen LogP contribution in [0.2, 0.25) is 0 Å². The van der Waals surface area contributed by atoms with Gasteiger partial charge in [0.1, 0.15) is 11.9 Å². The smallest absolute Gasteiger partial charge is 0.122 e. The first-order valence-electron chi connectivity index (χ1n) is 7.75. The van der Waals surface area contributed by atoms with Crippen LogP contribution >= 0.6 is 11.8 Å². The molecule has 1 spiro atoms. The molecule has 1 aromatic carbocycles. The van der Waals surface area contributed by atoms with Gasteiger partial charge in [-0.1, -0.05) is 6.07 Å². The Morgan fingerprint density at radius 3 is 3.00 bits per heavy atom. The maximum absolute atomic E-state index is 9.64. The second-order valence-electron chi connectivity index (χ2n) is 6.27. The Balaban J connectivity index is 1.68. The molecule has 2 saturated heterocycles. The molecule has 0 saturated carbocycles. The Bertz CT molecular complexity index is 495. The predicted octanol–water partition coefficient (Wildman–Crippen LogP) is 3.48. The first kappa shape index (κ1) is 15.2. The molecule has 0 aromatic heterocycles. The van der Waals surface area contributed by atoms with Crippen molar-refractivity contribution in [2.45, 2.75) is 50.9 Å². The van der Waals surface area contributed by atoms with Crippen LogP contribution in [0, 0.1) is 6.92 Å². The van der Waals surface area contributed by atoms with Crippen molar-refractivity contribution in [1.29, 1.82) is 0 Å². The van der Waals surface area contributed by atoms with E-state index in [0.717, 1.165) is 48.5 Å². The van der Waals surface area contributed by atoms with Crippen molar-refractivity contribution >= 4 is 11.8 Å². The molecule has 0 radical (unpaired) electrons. The number of aliphatic hydroxyl groups excluding tert-OH is 1. The molecule has 4 heteroatoms. The Hall–Kier alpha value is -0.710. The molecular formula is C17H24O3S. The fourth-order valence-electron chi connectivity index (χ4n) is 3.19. The van der Waals surface area contributed by atoms with E-state index in [1.54, 1.807) is 6.92 Å². The molecule has 1 aromatic rings. The summed E-state index contributed by atoms with van der Waals surface area (Å²) < 4.78 is 12.3. The minimum Gasteiger partial charge on any atom is -0.490 e. The lowest BCUT2D eigenvalue weighted by atomic mass is 9.91. The Morgan fingerprint density at radius 2 is 2.33 bits per heavy atom. The summed E-state index contributed by atoms with van der Waals surface area (Å²) in [7, 11) is 0. The molecule has 2 aliphatic rings. The molecule has 0 aliphatic carbocycles. The van der Waals surface area contributed by atoms with Crippen molar-refractivity contribution in [2.75, 3.05) is 18.1 Å². The maximum atomic E-state index is 9.64. The zero-order chi connectivity index (χ0) is 14.9. The van der Waals surface area contributed by atoms with Crippen LogP contribution < -0.4 is 4.74 Å². The van der Waals surface area contributed by atoms with E-state index in [1.165, 1.54) is 5.75 Å². The quantitative estimate of drug-likeness (QED) is 0.928. The number of aryl methyl sites for hydroxylation is 1.